The van der Waals surface area contributed by atoms with Gasteiger partial charge < -0.3 is 19.3 Å². The van der Waals surface area contributed by atoms with Crippen LogP contribution in [0.25, 0.3) is 0 Å². The molecule has 4 heteroatoms. The molecule has 1 unspecified atom stereocenters. The van der Waals surface area contributed by atoms with Gasteiger partial charge in [-0.25, -0.2) is 0 Å². The molecule has 1 aliphatic heterocycles. The predicted octanol–water partition coefficient (Wildman–Crippen LogP) is 1.92. The zero-order valence-electron chi connectivity index (χ0n) is 8.60. The van der Waals surface area contributed by atoms with Gasteiger partial charge in [-0.2, -0.15) is 0 Å². The third-order valence-corrected chi connectivity index (χ3v) is 2.31. The van der Waals surface area contributed by atoms with Crippen molar-refractivity contribution >= 4 is 0 Å². The zero-order valence-corrected chi connectivity index (χ0v) is 8.60. The third kappa shape index (κ3) is 2.33. The summed E-state index contributed by atoms with van der Waals surface area (Å²) >= 11 is 0. The van der Waals surface area contributed by atoms with Crippen LogP contribution in [0.4, 0.5) is 0 Å². The normalized spacial score (nSPS) is 20.2. The monoisotopic (exact) mass is 210 g/mol. The highest BCUT2D eigenvalue weighted by atomic mass is 16.7. The SMILES string of the molecule is COc1cc(OC2CCCO2)ccc1O. The molecule has 0 amide bonds. The van der Waals surface area contributed by atoms with Crippen LogP contribution in [0.2, 0.25) is 0 Å². The summed E-state index contributed by atoms with van der Waals surface area (Å²) in [6.07, 6.45) is 1.77. The molecule has 1 aromatic carbocycles. The van der Waals surface area contributed by atoms with Gasteiger partial charge >= 0.3 is 0 Å². The van der Waals surface area contributed by atoms with Crippen molar-refractivity contribution in [1.29, 1.82) is 0 Å². The van der Waals surface area contributed by atoms with E-state index in [0.29, 0.717) is 11.5 Å². The van der Waals surface area contributed by atoms with Crippen LogP contribution in [0, 0.1) is 0 Å². The van der Waals surface area contributed by atoms with Gasteiger partial charge in [0.1, 0.15) is 5.75 Å². The first kappa shape index (κ1) is 10.1. The highest BCUT2D eigenvalue weighted by Crippen LogP contribution is 2.31. The van der Waals surface area contributed by atoms with E-state index in [1.807, 2.05) is 0 Å². The van der Waals surface area contributed by atoms with E-state index in [-0.39, 0.29) is 12.0 Å². The Balaban J connectivity index is 2.07. The summed E-state index contributed by atoms with van der Waals surface area (Å²) in [6.45, 7) is 0.750. The molecular weight excluding hydrogens is 196 g/mol. The van der Waals surface area contributed by atoms with Crippen molar-refractivity contribution in [3.8, 4) is 17.2 Å². The van der Waals surface area contributed by atoms with E-state index in [0.717, 1.165) is 19.4 Å². The fourth-order valence-corrected chi connectivity index (χ4v) is 1.52. The van der Waals surface area contributed by atoms with Crippen LogP contribution in [0.3, 0.4) is 0 Å². The number of phenols is 1. The number of methoxy groups -OCH3 is 1. The Morgan fingerprint density at radius 2 is 2.33 bits per heavy atom. The van der Waals surface area contributed by atoms with Crippen molar-refractivity contribution in [3.05, 3.63) is 18.2 Å². The predicted molar refractivity (Wildman–Crippen MR) is 54.3 cm³/mol. The number of hydrogen-bond donors (Lipinski definition) is 1. The average Bonchev–Trinajstić information content (AvgIpc) is 2.73. The van der Waals surface area contributed by atoms with Crippen LogP contribution in [0.15, 0.2) is 18.2 Å². The van der Waals surface area contributed by atoms with Gasteiger partial charge in [0.15, 0.2) is 17.8 Å². The standard InChI is InChI=1S/C11H14O4/c1-13-10-7-8(4-5-9(10)12)15-11-3-2-6-14-11/h4-5,7,11-12H,2-3,6H2,1H3. The summed E-state index contributed by atoms with van der Waals surface area (Å²) in [5, 5.41) is 9.38. The number of rotatable bonds is 3. The maximum atomic E-state index is 9.38. The Kier molecular flexibility index (Phi) is 2.97. The summed E-state index contributed by atoms with van der Waals surface area (Å²) in [4.78, 5) is 0. The second-order valence-electron chi connectivity index (χ2n) is 3.39. The Labute approximate surface area is 88.4 Å². The molecule has 0 spiro atoms. The molecule has 1 N–H and O–H groups in total. The van der Waals surface area contributed by atoms with Gasteiger partial charge in [-0.3, -0.25) is 0 Å². The van der Waals surface area contributed by atoms with E-state index in [1.54, 1.807) is 18.2 Å². The molecule has 0 aliphatic carbocycles. The quantitative estimate of drug-likeness (QED) is 0.827. The second-order valence-corrected chi connectivity index (χ2v) is 3.39. The lowest BCUT2D eigenvalue weighted by Crippen LogP contribution is -2.13. The van der Waals surface area contributed by atoms with Crippen LogP contribution < -0.4 is 9.47 Å². The van der Waals surface area contributed by atoms with Gasteiger partial charge in [0.2, 0.25) is 0 Å². The minimum atomic E-state index is -0.167. The highest BCUT2D eigenvalue weighted by Gasteiger charge is 2.17. The summed E-state index contributed by atoms with van der Waals surface area (Å²) in [5.74, 6) is 1.17. The molecule has 0 aromatic heterocycles. The minimum absolute atomic E-state index is 0.109. The molecule has 0 radical (unpaired) electrons. The van der Waals surface area contributed by atoms with E-state index >= 15 is 0 Å². The largest absolute Gasteiger partial charge is 0.504 e. The van der Waals surface area contributed by atoms with Crippen molar-refractivity contribution in [3.63, 3.8) is 0 Å². The fraction of sp³-hybridized carbons (Fsp3) is 0.455. The molecule has 15 heavy (non-hydrogen) atoms. The molecule has 1 atom stereocenters. The minimum Gasteiger partial charge on any atom is -0.504 e. The maximum Gasteiger partial charge on any atom is 0.199 e. The summed E-state index contributed by atoms with van der Waals surface area (Å²) in [6, 6.07) is 4.89. The van der Waals surface area contributed by atoms with Gasteiger partial charge in [0, 0.05) is 12.5 Å². The first-order valence-electron chi connectivity index (χ1n) is 4.95. The lowest BCUT2D eigenvalue weighted by Gasteiger charge is -2.13. The fourth-order valence-electron chi connectivity index (χ4n) is 1.52. The van der Waals surface area contributed by atoms with E-state index < -0.39 is 0 Å². The van der Waals surface area contributed by atoms with Crippen LogP contribution in [-0.2, 0) is 4.74 Å². The topological polar surface area (TPSA) is 47.9 Å². The number of hydrogen-bond acceptors (Lipinski definition) is 4. The lowest BCUT2D eigenvalue weighted by atomic mass is 10.3. The van der Waals surface area contributed by atoms with Crippen LogP contribution >= 0.6 is 0 Å². The van der Waals surface area contributed by atoms with Crippen LogP contribution in [-0.4, -0.2) is 25.1 Å². The molecule has 1 saturated heterocycles. The molecule has 1 fully saturated rings. The van der Waals surface area contributed by atoms with Crippen molar-refractivity contribution in [1.82, 2.24) is 0 Å². The van der Waals surface area contributed by atoms with E-state index in [1.165, 1.54) is 7.11 Å². The van der Waals surface area contributed by atoms with E-state index in [2.05, 4.69) is 0 Å². The second kappa shape index (κ2) is 4.40. The molecule has 4 nitrogen and oxygen atoms in total. The number of ether oxygens (including phenoxy) is 3. The summed E-state index contributed by atoms with van der Waals surface area (Å²) in [5.41, 5.74) is 0. The van der Waals surface area contributed by atoms with Crippen LogP contribution in [0.1, 0.15) is 12.8 Å². The van der Waals surface area contributed by atoms with Gasteiger partial charge in [-0.15, -0.1) is 0 Å². The highest BCUT2D eigenvalue weighted by molar-refractivity contribution is 5.44. The third-order valence-electron chi connectivity index (χ3n) is 2.31. The van der Waals surface area contributed by atoms with Crippen molar-refractivity contribution in [2.24, 2.45) is 0 Å². The number of benzene rings is 1. The van der Waals surface area contributed by atoms with Crippen molar-refractivity contribution in [2.45, 2.75) is 19.1 Å². The maximum absolute atomic E-state index is 9.38. The molecule has 1 aromatic rings. The van der Waals surface area contributed by atoms with E-state index in [9.17, 15) is 5.11 Å². The molecular formula is C11H14O4. The smallest absolute Gasteiger partial charge is 0.199 e. The molecule has 0 bridgehead atoms. The number of phenolic OH excluding ortho intramolecular Hbond substituents is 1. The van der Waals surface area contributed by atoms with Gasteiger partial charge in [0.25, 0.3) is 0 Å². The van der Waals surface area contributed by atoms with Crippen molar-refractivity contribution in [2.75, 3.05) is 13.7 Å². The van der Waals surface area contributed by atoms with Gasteiger partial charge in [0.05, 0.1) is 13.7 Å². The summed E-state index contributed by atoms with van der Waals surface area (Å²) < 4.78 is 15.9. The number of aromatic hydroxyl groups is 1. The lowest BCUT2D eigenvalue weighted by molar-refractivity contribution is -0.0391. The molecule has 2 rings (SSSR count). The molecule has 0 saturated carbocycles. The Morgan fingerprint density at radius 1 is 1.47 bits per heavy atom. The first-order chi connectivity index (χ1) is 7.29. The van der Waals surface area contributed by atoms with Crippen LogP contribution in [0.5, 0.6) is 17.2 Å². The van der Waals surface area contributed by atoms with Crippen molar-refractivity contribution < 1.29 is 19.3 Å². The Morgan fingerprint density at radius 3 is 3.00 bits per heavy atom. The Hall–Kier alpha value is -1.42. The van der Waals surface area contributed by atoms with Gasteiger partial charge in [-0.05, 0) is 18.6 Å². The van der Waals surface area contributed by atoms with Gasteiger partial charge in [-0.1, -0.05) is 0 Å². The summed E-state index contributed by atoms with van der Waals surface area (Å²) in [7, 11) is 1.50. The zero-order chi connectivity index (χ0) is 10.7. The molecule has 1 heterocycles. The van der Waals surface area contributed by atoms with E-state index in [4.69, 9.17) is 14.2 Å². The average molecular weight is 210 g/mol. The molecule has 1 aliphatic rings. The first-order valence-corrected chi connectivity index (χ1v) is 4.95. The molecule has 82 valence electrons. The Bertz CT molecular complexity index is 331.